The van der Waals surface area contributed by atoms with Crippen LogP contribution in [0.3, 0.4) is 0 Å². The molecule has 0 saturated heterocycles. The van der Waals surface area contributed by atoms with Gasteiger partial charge in [-0.25, -0.2) is 0 Å². The Kier molecular flexibility index (Phi) is 46.6. The fourth-order valence-corrected chi connectivity index (χ4v) is 7.69. The van der Waals surface area contributed by atoms with Crippen LogP contribution in [0.2, 0.25) is 0 Å². The first-order chi connectivity index (χ1) is 30.0. The molecule has 1 amide bonds. The van der Waals surface area contributed by atoms with Crippen molar-refractivity contribution in [2.45, 2.75) is 270 Å². The minimum atomic E-state index is -0.792. The van der Waals surface area contributed by atoms with Gasteiger partial charge in [-0.1, -0.05) is 229 Å². The highest BCUT2D eigenvalue weighted by molar-refractivity contribution is 5.77. The zero-order chi connectivity index (χ0) is 44.5. The summed E-state index contributed by atoms with van der Waals surface area (Å²) in [5.41, 5.74) is 0. The van der Waals surface area contributed by atoms with Crippen LogP contribution in [-0.2, 0) is 14.3 Å². The molecule has 0 aliphatic heterocycles. The fraction of sp³-hybridized carbons (Fsp3) is 0.782. The molecule has 0 aliphatic rings. The van der Waals surface area contributed by atoms with Crippen LogP contribution >= 0.6 is 0 Å². The Morgan fingerprint density at radius 1 is 0.492 bits per heavy atom. The van der Waals surface area contributed by atoms with Crippen molar-refractivity contribution in [2.75, 3.05) is 6.61 Å². The van der Waals surface area contributed by atoms with Gasteiger partial charge in [-0.2, -0.15) is 0 Å². The van der Waals surface area contributed by atoms with E-state index in [0.29, 0.717) is 19.3 Å². The topological polar surface area (TPSA) is 95.9 Å². The van der Waals surface area contributed by atoms with E-state index in [1.165, 1.54) is 116 Å². The Morgan fingerprint density at radius 3 is 1.33 bits per heavy atom. The summed E-state index contributed by atoms with van der Waals surface area (Å²) in [6, 6.07) is -0.707. The molecule has 0 aromatic carbocycles. The van der Waals surface area contributed by atoms with E-state index in [1.807, 2.05) is 0 Å². The van der Waals surface area contributed by atoms with Crippen LogP contribution in [0, 0.1) is 0 Å². The van der Waals surface area contributed by atoms with Crippen molar-refractivity contribution < 1.29 is 24.5 Å². The van der Waals surface area contributed by atoms with Crippen molar-refractivity contribution in [3.05, 3.63) is 60.8 Å². The molecule has 61 heavy (non-hydrogen) atoms. The van der Waals surface area contributed by atoms with Gasteiger partial charge in [0.25, 0.3) is 0 Å². The van der Waals surface area contributed by atoms with Gasteiger partial charge in [0.05, 0.1) is 25.2 Å². The number of allylic oxidation sites excluding steroid dienone is 10. The molecule has 3 atom stereocenters. The summed E-state index contributed by atoms with van der Waals surface area (Å²) in [7, 11) is 0. The third kappa shape index (κ3) is 44.0. The largest absolute Gasteiger partial charge is 0.462 e. The lowest BCUT2D eigenvalue weighted by molar-refractivity contribution is -0.151. The number of unbranched alkanes of at least 4 members (excludes halogenated alkanes) is 24. The van der Waals surface area contributed by atoms with Crippen LogP contribution in [0.25, 0.3) is 0 Å². The molecular weight excluding hydrogens is 755 g/mol. The van der Waals surface area contributed by atoms with Gasteiger partial charge in [-0.3, -0.25) is 9.59 Å². The lowest BCUT2D eigenvalue weighted by Gasteiger charge is -2.24. The lowest BCUT2D eigenvalue weighted by Crippen LogP contribution is -2.46. The van der Waals surface area contributed by atoms with Gasteiger partial charge >= 0.3 is 5.97 Å². The third-order valence-electron chi connectivity index (χ3n) is 11.6. The molecule has 0 bridgehead atoms. The van der Waals surface area contributed by atoms with Crippen LogP contribution in [0.4, 0.5) is 0 Å². The molecule has 0 heterocycles. The van der Waals surface area contributed by atoms with Gasteiger partial charge in [0.2, 0.25) is 5.91 Å². The monoisotopic (exact) mass is 854 g/mol. The number of esters is 1. The summed E-state index contributed by atoms with van der Waals surface area (Å²) in [6.07, 6.45) is 60.0. The number of carbonyl (C=O) groups excluding carboxylic acids is 2. The number of nitrogens with one attached hydrogen (secondary N) is 1. The SMILES string of the molecule is CC/C=C\C/C=C\C/C=C\C/C=C\C/C=C\CCCCCC(=O)OC(CCCCCCCCCCCCCCCC)CC(=O)NC(CO)C(O)CCCCCCCCCCC. The zero-order valence-electron chi connectivity index (χ0n) is 40.3. The third-order valence-corrected chi connectivity index (χ3v) is 11.6. The number of aliphatic hydroxyl groups excluding tert-OH is 2. The van der Waals surface area contributed by atoms with Gasteiger partial charge < -0.3 is 20.3 Å². The number of carbonyl (C=O) groups is 2. The first-order valence-electron chi connectivity index (χ1n) is 26.0. The summed E-state index contributed by atoms with van der Waals surface area (Å²) in [5, 5.41) is 23.7. The summed E-state index contributed by atoms with van der Waals surface area (Å²) >= 11 is 0. The van der Waals surface area contributed by atoms with Crippen molar-refractivity contribution in [2.24, 2.45) is 0 Å². The molecule has 0 saturated carbocycles. The molecule has 0 aromatic heterocycles. The number of hydrogen-bond acceptors (Lipinski definition) is 5. The quantitative estimate of drug-likeness (QED) is 0.0322. The Morgan fingerprint density at radius 2 is 0.885 bits per heavy atom. The first-order valence-corrected chi connectivity index (χ1v) is 26.0. The number of ether oxygens (including phenoxy) is 1. The highest BCUT2D eigenvalue weighted by atomic mass is 16.5. The second-order valence-corrected chi connectivity index (χ2v) is 17.5. The molecule has 0 radical (unpaired) electrons. The van der Waals surface area contributed by atoms with Crippen LogP contribution in [-0.4, -0.2) is 46.9 Å². The summed E-state index contributed by atoms with van der Waals surface area (Å²) in [6.45, 7) is 6.35. The Balaban J connectivity index is 4.60. The molecular formula is C55H99NO5. The van der Waals surface area contributed by atoms with Crippen molar-refractivity contribution in [1.29, 1.82) is 0 Å². The van der Waals surface area contributed by atoms with Gasteiger partial charge in [-0.05, 0) is 70.6 Å². The fourth-order valence-electron chi connectivity index (χ4n) is 7.69. The van der Waals surface area contributed by atoms with Gasteiger partial charge in [0, 0.05) is 6.42 Å². The van der Waals surface area contributed by atoms with E-state index in [1.54, 1.807) is 0 Å². The average molecular weight is 854 g/mol. The zero-order valence-corrected chi connectivity index (χ0v) is 40.3. The normalized spacial score (nSPS) is 13.7. The molecule has 6 heteroatoms. The van der Waals surface area contributed by atoms with E-state index in [4.69, 9.17) is 4.74 Å². The highest BCUT2D eigenvalue weighted by Gasteiger charge is 2.24. The molecule has 0 aromatic rings. The number of hydrogen-bond donors (Lipinski definition) is 3. The van der Waals surface area contributed by atoms with Gasteiger partial charge in [-0.15, -0.1) is 0 Å². The van der Waals surface area contributed by atoms with Crippen molar-refractivity contribution >= 4 is 11.9 Å². The summed E-state index contributed by atoms with van der Waals surface area (Å²) < 4.78 is 5.92. The summed E-state index contributed by atoms with van der Waals surface area (Å²) in [5.74, 6) is -0.507. The van der Waals surface area contributed by atoms with Crippen molar-refractivity contribution in [3.8, 4) is 0 Å². The molecule has 0 spiro atoms. The predicted molar refractivity (Wildman–Crippen MR) is 264 cm³/mol. The first kappa shape index (κ1) is 58.6. The van der Waals surface area contributed by atoms with E-state index in [2.05, 4.69) is 86.8 Å². The number of amides is 1. The Bertz CT molecular complexity index is 1090. The standard InChI is InChI=1S/C55H99NO5/c1-4-7-10-13-16-19-21-23-25-26-27-28-29-31-33-36-39-42-45-48-55(60)61-51(46-43-40-37-35-32-30-24-22-20-17-14-11-8-5-2)49-54(59)56-52(50-57)53(58)47-44-41-38-34-18-15-12-9-6-3/h7,10,16,19,23,25,27-28,31,33,51-53,57-58H,4-6,8-9,11-15,17-18,20-22,24,26,29-30,32,34-50H2,1-3H3,(H,56,59)/b10-7-,19-16-,25-23-,28-27-,33-31-. The Hall–Kier alpha value is -2.44. The molecule has 3 unspecified atom stereocenters. The maximum Gasteiger partial charge on any atom is 0.306 e. The van der Waals surface area contributed by atoms with E-state index in [-0.39, 0.29) is 24.9 Å². The maximum absolute atomic E-state index is 13.2. The van der Waals surface area contributed by atoms with Gasteiger partial charge in [0.1, 0.15) is 6.10 Å². The highest BCUT2D eigenvalue weighted by Crippen LogP contribution is 2.18. The second-order valence-electron chi connectivity index (χ2n) is 17.5. The van der Waals surface area contributed by atoms with Crippen LogP contribution < -0.4 is 5.32 Å². The smallest absolute Gasteiger partial charge is 0.306 e. The maximum atomic E-state index is 13.2. The molecule has 0 fully saturated rings. The van der Waals surface area contributed by atoms with Crippen LogP contribution in [0.15, 0.2) is 60.8 Å². The number of aliphatic hydroxyl groups is 2. The van der Waals surface area contributed by atoms with E-state index < -0.39 is 18.2 Å². The molecule has 3 N–H and O–H groups in total. The van der Waals surface area contributed by atoms with E-state index in [9.17, 15) is 19.8 Å². The summed E-state index contributed by atoms with van der Waals surface area (Å²) in [4.78, 5) is 26.1. The minimum Gasteiger partial charge on any atom is -0.462 e. The lowest BCUT2D eigenvalue weighted by atomic mass is 10.0. The minimum absolute atomic E-state index is 0.0650. The van der Waals surface area contributed by atoms with E-state index in [0.717, 1.165) is 89.9 Å². The van der Waals surface area contributed by atoms with Crippen molar-refractivity contribution in [1.82, 2.24) is 5.32 Å². The molecule has 6 nitrogen and oxygen atoms in total. The van der Waals surface area contributed by atoms with Crippen LogP contribution in [0.1, 0.15) is 252 Å². The van der Waals surface area contributed by atoms with Crippen molar-refractivity contribution in [3.63, 3.8) is 0 Å². The Labute approximate surface area is 378 Å². The molecule has 0 aliphatic carbocycles. The van der Waals surface area contributed by atoms with Crippen LogP contribution in [0.5, 0.6) is 0 Å². The molecule has 354 valence electrons. The predicted octanol–water partition coefficient (Wildman–Crippen LogP) is 15.6. The average Bonchev–Trinajstić information content (AvgIpc) is 3.25. The number of rotatable bonds is 46. The van der Waals surface area contributed by atoms with Gasteiger partial charge in [0.15, 0.2) is 0 Å². The second kappa shape index (κ2) is 48.6. The molecule has 0 rings (SSSR count). The van der Waals surface area contributed by atoms with E-state index >= 15 is 0 Å².